The summed E-state index contributed by atoms with van der Waals surface area (Å²) in [6, 6.07) is 4.06. The number of alkyl halides is 1. The van der Waals surface area contributed by atoms with E-state index in [1.54, 1.807) is 11.3 Å². The summed E-state index contributed by atoms with van der Waals surface area (Å²) >= 11 is 8.50. The van der Waals surface area contributed by atoms with Crippen LogP contribution in [0.15, 0.2) is 15.9 Å². The van der Waals surface area contributed by atoms with Crippen LogP contribution in [-0.2, 0) is 11.3 Å². The Kier molecular flexibility index (Phi) is 5.01. The van der Waals surface area contributed by atoms with Gasteiger partial charge in [0.05, 0.1) is 14.7 Å². The minimum atomic E-state index is -0.489. The summed E-state index contributed by atoms with van der Waals surface area (Å²) in [5.41, 5.74) is 0. The van der Waals surface area contributed by atoms with Gasteiger partial charge in [-0.3, -0.25) is 4.79 Å². The number of carbonyl (C=O) groups is 1. The molecule has 0 aliphatic carbocycles. The van der Waals surface area contributed by atoms with Crippen molar-refractivity contribution in [2.75, 3.05) is 6.54 Å². The second kappa shape index (κ2) is 5.65. The molecule has 0 aliphatic heterocycles. The van der Waals surface area contributed by atoms with Crippen LogP contribution in [-0.4, -0.2) is 21.7 Å². The molecule has 0 aromatic carbocycles. The lowest BCUT2D eigenvalue weighted by Crippen LogP contribution is -2.40. The molecule has 1 heterocycles. The maximum Gasteiger partial charge on any atom is 0.239 e. The van der Waals surface area contributed by atoms with E-state index >= 15 is 0 Å². The van der Waals surface area contributed by atoms with Gasteiger partial charge in [0.15, 0.2) is 0 Å². The number of thiophene rings is 1. The highest BCUT2D eigenvalue weighted by atomic mass is 79.9. The predicted octanol–water partition coefficient (Wildman–Crippen LogP) is 4.03. The van der Waals surface area contributed by atoms with Crippen molar-refractivity contribution in [1.29, 1.82) is 0 Å². The van der Waals surface area contributed by atoms with Crippen molar-refractivity contribution in [2.24, 2.45) is 0 Å². The first kappa shape index (κ1) is 14.2. The van der Waals surface area contributed by atoms with E-state index in [-0.39, 0.29) is 5.91 Å². The van der Waals surface area contributed by atoms with Crippen LogP contribution in [0.3, 0.4) is 0 Å². The van der Waals surface area contributed by atoms with Crippen molar-refractivity contribution >= 4 is 49.1 Å². The zero-order chi connectivity index (χ0) is 12.3. The van der Waals surface area contributed by atoms with Gasteiger partial charge in [-0.05, 0) is 48.8 Å². The first-order valence-corrected chi connectivity index (χ1v) is 7.47. The number of amides is 1. The molecule has 1 aromatic heterocycles. The van der Waals surface area contributed by atoms with Crippen LogP contribution in [0.4, 0.5) is 0 Å². The van der Waals surface area contributed by atoms with Gasteiger partial charge >= 0.3 is 0 Å². The van der Waals surface area contributed by atoms with Gasteiger partial charge in [0.2, 0.25) is 5.91 Å². The van der Waals surface area contributed by atoms with Crippen molar-refractivity contribution < 1.29 is 4.79 Å². The highest BCUT2D eigenvalue weighted by Crippen LogP contribution is 2.25. The van der Waals surface area contributed by atoms with E-state index in [1.807, 2.05) is 37.8 Å². The average Bonchev–Trinajstić information content (AvgIpc) is 2.58. The average molecular weight is 369 g/mol. The van der Waals surface area contributed by atoms with Gasteiger partial charge in [-0.25, -0.2) is 0 Å². The molecule has 16 heavy (non-hydrogen) atoms. The molecule has 5 heteroatoms. The van der Waals surface area contributed by atoms with E-state index in [0.29, 0.717) is 6.54 Å². The molecule has 0 unspecified atom stereocenters. The summed E-state index contributed by atoms with van der Waals surface area (Å²) in [5, 5.41) is 0. The second-order valence-electron chi connectivity index (χ2n) is 4.00. The summed E-state index contributed by atoms with van der Waals surface area (Å²) in [5.74, 6) is 0.125. The molecule has 1 amide bonds. The van der Waals surface area contributed by atoms with E-state index in [1.165, 1.54) is 4.88 Å². The van der Waals surface area contributed by atoms with Gasteiger partial charge in [0, 0.05) is 11.4 Å². The molecular formula is C11H15Br2NOS. The number of hydrogen-bond acceptors (Lipinski definition) is 2. The number of nitrogens with zero attached hydrogens (tertiary/aromatic N) is 1. The summed E-state index contributed by atoms with van der Waals surface area (Å²) in [4.78, 5) is 15.1. The van der Waals surface area contributed by atoms with Crippen molar-refractivity contribution in [2.45, 2.75) is 31.6 Å². The Morgan fingerprint density at radius 2 is 2.12 bits per heavy atom. The van der Waals surface area contributed by atoms with E-state index < -0.39 is 4.32 Å². The molecule has 0 radical (unpaired) electrons. The molecule has 1 aromatic rings. The SMILES string of the molecule is CCN(Cc1ccc(Br)s1)C(=O)C(C)(C)Br. The topological polar surface area (TPSA) is 20.3 Å². The molecule has 1 rings (SSSR count). The minimum Gasteiger partial charge on any atom is -0.337 e. The molecule has 0 bridgehead atoms. The lowest BCUT2D eigenvalue weighted by atomic mass is 10.2. The first-order chi connectivity index (χ1) is 7.34. The van der Waals surface area contributed by atoms with Gasteiger partial charge in [-0.2, -0.15) is 0 Å². The Hall–Kier alpha value is 0.130. The minimum absolute atomic E-state index is 0.125. The summed E-state index contributed by atoms with van der Waals surface area (Å²) in [6.07, 6.45) is 0. The molecule has 0 saturated carbocycles. The third-order valence-electron chi connectivity index (χ3n) is 2.15. The zero-order valence-corrected chi connectivity index (χ0v) is 13.6. The largest absolute Gasteiger partial charge is 0.337 e. The Morgan fingerprint density at radius 1 is 1.50 bits per heavy atom. The van der Waals surface area contributed by atoms with Crippen LogP contribution >= 0.6 is 43.2 Å². The molecule has 0 saturated heterocycles. The van der Waals surface area contributed by atoms with Gasteiger partial charge in [-0.1, -0.05) is 15.9 Å². The molecule has 0 atom stereocenters. The number of carbonyl (C=O) groups excluding carboxylic acids is 1. The van der Waals surface area contributed by atoms with E-state index in [4.69, 9.17) is 0 Å². The Labute approximate surface area is 117 Å². The van der Waals surface area contributed by atoms with Crippen LogP contribution in [0.1, 0.15) is 25.6 Å². The highest BCUT2D eigenvalue weighted by Gasteiger charge is 2.28. The molecule has 0 fully saturated rings. The smallest absolute Gasteiger partial charge is 0.239 e. The number of rotatable bonds is 4. The normalized spacial score (nSPS) is 11.6. The Balaban J connectivity index is 2.73. The summed E-state index contributed by atoms with van der Waals surface area (Å²) < 4.78 is 0.612. The lowest BCUT2D eigenvalue weighted by Gasteiger charge is -2.26. The molecular weight excluding hydrogens is 354 g/mol. The third-order valence-corrected chi connectivity index (χ3v) is 4.10. The fourth-order valence-corrected chi connectivity index (χ4v) is 3.08. The second-order valence-corrected chi connectivity index (χ2v) is 8.53. The quantitative estimate of drug-likeness (QED) is 0.734. The summed E-state index contributed by atoms with van der Waals surface area (Å²) in [7, 11) is 0. The van der Waals surface area contributed by atoms with Crippen molar-refractivity contribution in [3.8, 4) is 0 Å². The van der Waals surface area contributed by atoms with Crippen molar-refractivity contribution in [1.82, 2.24) is 4.90 Å². The molecule has 90 valence electrons. The maximum absolute atomic E-state index is 12.1. The monoisotopic (exact) mass is 367 g/mol. The fourth-order valence-electron chi connectivity index (χ4n) is 1.33. The van der Waals surface area contributed by atoms with Gasteiger partial charge in [0.1, 0.15) is 0 Å². The van der Waals surface area contributed by atoms with E-state index in [9.17, 15) is 4.79 Å². The van der Waals surface area contributed by atoms with Crippen molar-refractivity contribution in [3.63, 3.8) is 0 Å². The van der Waals surface area contributed by atoms with Gasteiger partial charge < -0.3 is 4.90 Å². The first-order valence-electron chi connectivity index (χ1n) is 5.07. The molecule has 0 N–H and O–H groups in total. The standard InChI is InChI=1S/C11H15Br2NOS/c1-4-14(10(15)11(2,3)13)7-8-5-6-9(12)16-8/h5-6H,4,7H2,1-3H3. The predicted molar refractivity (Wildman–Crippen MR) is 76.1 cm³/mol. The number of hydrogen-bond donors (Lipinski definition) is 0. The Bertz CT molecular complexity index is 370. The van der Waals surface area contributed by atoms with Crippen LogP contribution in [0, 0.1) is 0 Å². The fraction of sp³-hybridized carbons (Fsp3) is 0.545. The molecule has 0 spiro atoms. The van der Waals surface area contributed by atoms with E-state index in [2.05, 4.69) is 31.9 Å². The summed E-state index contributed by atoms with van der Waals surface area (Å²) in [6.45, 7) is 7.16. The third kappa shape index (κ3) is 3.86. The van der Waals surface area contributed by atoms with Gasteiger partial charge in [-0.15, -0.1) is 11.3 Å². The Morgan fingerprint density at radius 3 is 2.50 bits per heavy atom. The lowest BCUT2D eigenvalue weighted by molar-refractivity contribution is -0.133. The number of halogens is 2. The van der Waals surface area contributed by atoms with Crippen LogP contribution < -0.4 is 0 Å². The molecule has 2 nitrogen and oxygen atoms in total. The van der Waals surface area contributed by atoms with E-state index in [0.717, 1.165) is 10.3 Å². The highest BCUT2D eigenvalue weighted by molar-refractivity contribution is 9.11. The van der Waals surface area contributed by atoms with Gasteiger partial charge in [0.25, 0.3) is 0 Å². The van der Waals surface area contributed by atoms with Crippen molar-refractivity contribution in [3.05, 3.63) is 20.8 Å². The van der Waals surface area contributed by atoms with Crippen LogP contribution in [0.25, 0.3) is 0 Å². The zero-order valence-electron chi connectivity index (χ0n) is 9.59. The van der Waals surface area contributed by atoms with Crippen LogP contribution in [0.5, 0.6) is 0 Å². The maximum atomic E-state index is 12.1. The van der Waals surface area contributed by atoms with Crippen LogP contribution in [0.2, 0.25) is 0 Å². The molecule has 0 aliphatic rings.